The largest absolute Gasteiger partial charge is 0.360 e. The standard InChI is InChI=1S/C10H12FNOS.C2H6/c1-2-8(4-3-5-11)10-6-9(7-14)13-12-10;1-2/h2-4,6,14H,5,7H2,1H3;1-2H3/b4-3-,8-2+;. The van der Waals surface area contributed by atoms with E-state index in [0.29, 0.717) is 17.2 Å². The average molecular weight is 243 g/mol. The van der Waals surface area contributed by atoms with Crippen LogP contribution in [0, 0.1) is 0 Å². The second-order valence-electron chi connectivity index (χ2n) is 2.64. The Morgan fingerprint density at radius 3 is 2.69 bits per heavy atom. The highest BCUT2D eigenvalue weighted by Gasteiger charge is 2.04. The van der Waals surface area contributed by atoms with Crippen molar-refractivity contribution >= 4 is 18.2 Å². The molecule has 1 aromatic heterocycles. The topological polar surface area (TPSA) is 26.0 Å². The highest BCUT2D eigenvalue weighted by Crippen LogP contribution is 2.16. The smallest absolute Gasteiger partial charge is 0.146 e. The Hall–Kier alpha value is -1.03. The Morgan fingerprint density at radius 2 is 2.25 bits per heavy atom. The van der Waals surface area contributed by atoms with Crippen molar-refractivity contribution in [1.82, 2.24) is 5.16 Å². The van der Waals surface area contributed by atoms with Crippen molar-refractivity contribution in [2.45, 2.75) is 26.5 Å². The molecule has 0 aliphatic heterocycles. The summed E-state index contributed by atoms with van der Waals surface area (Å²) in [4.78, 5) is 0. The van der Waals surface area contributed by atoms with Gasteiger partial charge >= 0.3 is 0 Å². The van der Waals surface area contributed by atoms with Crippen LogP contribution in [-0.4, -0.2) is 11.8 Å². The van der Waals surface area contributed by atoms with Crippen LogP contribution in [0.4, 0.5) is 4.39 Å². The van der Waals surface area contributed by atoms with Crippen LogP contribution in [0.5, 0.6) is 0 Å². The number of thiol groups is 1. The third-order valence-electron chi connectivity index (χ3n) is 1.71. The zero-order valence-electron chi connectivity index (χ0n) is 9.90. The maximum Gasteiger partial charge on any atom is 0.146 e. The van der Waals surface area contributed by atoms with Crippen molar-refractivity contribution in [3.05, 3.63) is 35.7 Å². The monoisotopic (exact) mass is 243 g/mol. The van der Waals surface area contributed by atoms with Crippen LogP contribution in [0.25, 0.3) is 5.57 Å². The van der Waals surface area contributed by atoms with E-state index in [1.54, 1.807) is 12.1 Å². The van der Waals surface area contributed by atoms with Crippen molar-refractivity contribution in [2.24, 2.45) is 0 Å². The van der Waals surface area contributed by atoms with Gasteiger partial charge in [-0.3, -0.25) is 0 Å². The van der Waals surface area contributed by atoms with Crippen LogP contribution < -0.4 is 0 Å². The second kappa shape index (κ2) is 9.21. The quantitative estimate of drug-likeness (QED) is 0.637. The van der Waals surface area contributed by atoms with Gasteiger partial charge in [-0.05, 0) is 12.5 Å². The molecule has 0 aromatic carbocycles. The Bertz CT molecular complexity index is 345. The highest BCUT2D eigenvalue weighted by molar-refractivity contribution is 7.79. The molecule has 1 aromatic rings. The number of hydrogen-bond donors (Lipinski definition) is 1. The molecule has 1 rings (SSSR count). The van der Waals surface area contributed by atoms with E-state index >= 15 is 0 Å². The summed E-state index contributed by atoms with van der Waals surface area (Å²) >= 11 is 4.06. The van der Waals surface area contributed by atoms with Crippen LogP contribution in [0.2, 0.25) is 0 Å². The van der Waals surface area contributed by atoms with Crippen LogP contribution in [0.1, 0.15) is 32.2 Å². The van der Waals surface area contributed by atoms with Crippen molar-refractivity contribution in [1.29, 1.82) is 0 Å². The molecule has 0 aliphatic carbocycles. The van der Waals surface area contributed by atoms with E-state index in [-0.39, 0.29) is 0 Å². The maximum atomic E-state index is 11.9. The lowest BCUT2D eigenvalue weighted by molar-refractivity contribution is 0.393. The van der Waals surface area contributed by atoms with Crippen LogP contribution >= 0.6 is 12.6 Å². The Balaban J connectivity index is 0.00000106. The van der Waals surface area contributed by atoms with Gasteiger partial charge in [-0.15, -0.1) is 0 Å². The Labute approximate surface area is 102 Å². The fourth-order valence-electron chi connectivity index (χ4n) is 1.02. The van der Waals surface area contributed by atoms with Gasteiger partial charge in [0.2, 0.25) is 0 Å². The second-order valence-corrected chi connectivity index (χ2v) is 2.95. The molecule has 4 heteroatoms. The zero-order chi connectivity index (χ0) is 12.4. The first-order valence-corrected chi connectivity index (χ1v) is 5.90. The van der Waals surface area contributed by atoms with Gasteiger partial charge in [-0.1, -0.05) is 37.2 Å². The van der Waals surface area contributed by atoms with E-state index in [4.69, 9.17) is 4.52 Å². The molecule has 0 aliphatic rings. The van der Waals surface area contributed by atoms with E-state index in [1.807, 2.05) is 26.8 Å². The molecule has 0 N–H and O–H groups in total. The third-order valence-corrected chi connectivity index (χ3v) is 2.02. The number of hydrogen-bond acceptors (Lipinski definition) is 3. The average Bonchev–Trinajstić information content (AvgIpc) is 2.81. The summed E-state index contributed by atoms with van der Waals surface area (Å²) in [5, 5.41) is 3.85. The molecule has 0 radical (unpaired) electrons. The van der Waals surface area contributed by atoms with E-state index < -0.39 is 6.67 Å². The predicted molar refractivity (Wildman–Crippen MR) is 69.3 cm³/mol. The van der Waals surface area contributed by atoms with Gasteiger partial charge in [0, 0.05) is 6.07 Å². The first kappa shape index (κ1) is 15.0. The van der Waals surface area contributed by atoms with Crippen molar-refractivity contribution in [2.75, 3.05) is 6.67 Å². The summed E-state index contributed by atoms with van der Waals surface area (Å²) in [6.45, 7) is 5.39. The van der Waals surface area contributed by atoms with E-state index in [0.717, 1.165) is 5.57 Å². The normalized spacial score (nSPS) is 11.4. The molecule has 90 valence electrons. The Kier molecular flexibility index (Phi) is 8.62. The number of aromatic nitrogens is 1. The van der Waals surface area contributed by atoms with E-state index in [9.17, 15) is 4.39 Å². The molecule has 0 saturated heterocycles. The van der Waals surface area contributed by atoms with E-state index in [2.05, 4.69) is 17.8 Å². The summed E-state index contributed by atoms with van der Waals surface area (Å²) in [7, 11) is 0. The molecule has 0 atom stereocenters. The van der Waals surface area contributed by atoms with Crippen molar-refractivity contribution in [3.8, 4) is 0 Å². The Morgan fingerprint density at radius 1 is 1.56 bits per heavy atom. The molecule has 0 unspecified atom stereocenters. The summed E-state index contributed by atoms with van der Waals surface area (Å²) in [5.74, 6) is 1.22. The van der Waals surface area contributed by atoms with E-state index in [1.165, 1.54) is 6.08 Å². The molecule has 1 heterocycles. The van der Waals surface area contributed by atoms with Crippen LogP contribution in [-0.2, 0) is 5.75 Å². The summed E-state index contributed by atoms with van der Waals surface area (Å²) in [5.41, 5.74) is 1.56. The molecule has 0 amide bonds. The first-order chi connectivity index (χ1) is 7.81. The first-order valence-electron chi connectivity index (χ1n) is 5.27. The lowest BCUT2D eigenvalue weighted by Crippen LogP contribution is -1.79. The SMILES string of the molecule is C/C=C(\C=C/CF)c1cc(CS)on1.CC. The number of halogens is 1. The van der Waals surface area contributed by atoms with Gasteiger partial charge in [-0.2, -0.15) is 12.6 Å². The molecule has 0 saturated carbocycles. The molecular weight excluding hydrogens is 225 g/mol. The number of alkyl halides is 1. The lowest BCUT2D eigenvalue weighted by atomic mass is 10.1. The fraction of sp³-hybridized carbons (Fsp3) is 0.417. The summed E-state index contributed by atoms with van der Waals surface area (Å²) < 4.78 is 16.9. The molecular formula is C12H18FNOS. The van der Waals surface area contributed by atoms with Gasteiger partial charge in [0.15, 0.2) is 0 Å². The van der Waals surface area contributed by atoms with Crippen molar-refractivity contribution in [3.63, 3.8) is 0 Å². The minimum Gasteiger partial charge on any atom is -0.360 e. The molecule has 2 nitrogen and oxygen atoms in total. The molecule has 16 heavy (non-hydrogen) atoms. The number of nitrogens with zero attached hydrogens (tertiary/aromatic N) is 1. The highest BCUT2D eigenvalue weighted by atomic mass is 32.1. The van der Waals surface area contributed by atoms with Gasteiger partial charge in [0.1, 0.15) is 18.1 Å². The summed E-state index contributed by atoms with van der Waals surface area (Å²) in [6, 6.07) is 1.80. The van der Waals surface area contributed by atoms with Crippen molar-refractivity contribution < 1.29 is 8.91 Å². The molecule has 0 spiro atoms. The number of rotatable bonds is 4. The van der Waals surface area contributed by atoms with Gasteiger partial charge in [0.25, 0.3) is 0 Å². The van der Waals surface area contributed by atoms with Gasteiger partial charge < -0.3 is 4.52 Å². The van der Waals surface area contributed by atoms with Gasteiger partial charge in [0.05, 0.1) is 5.75 Å². The predicted octanol–water partition coefficient (Wildman–Crippen LogP) is 4.06. The third kappa shape index (κ3) is 4.66. The van der Waals surface area contributed by atoms with Crippen LogP contribution in [0.15, 0.2) is 28.8 Å². The minimum atomic E-state index is -0.478. The lowest BCUT2D eigenvalue weighted by Gasteiger charge is -1.92. The summed E-state index contributed by atoms with van der Waals surface area (Å²) in [6.07, 6.45) is 4.97. The number of allylic oxidation sites excluding steroid dienone is 4. The minimum absolute atomic E-state index is 0.478. The molecule has 0 fully saturated rings. The zero-order valence-corrected chi connectivity index (χ0v) is 10.8. The van der Waals surface area contributed by atoms with Crippen LogP contribution in [0.3, 0.4) is 0 Å². The molecule has 0 bridgehead atoms. The fourth-order valence-corrected chi connectivity index (χ4v) is 1.17. The maximum absolute atomic E-state index is 11.9. The van der Waals surface area contributed by atoms with Gasteiger partial charge in [-0.25, -0.2) is 4.39 Å².